The van der Waals surface area contributed by atoms with Crippen LogP contribution in [0.4, 0.5) is 10.5 Å². The van der Waals surface area contributed by atoms with E-state index in [1.165, 1.54) is 12.8 Å². The van der Waals surface area contributed by atoms with Crippen LogP contribution < -0.4 is 15.4 Å². The fourth-order valence-electron chi connectivity index (χ4n) is 1.86. The highest BCUT2D eigenvalue weighted by Crippen LogP contribution is 2.27. The zero-order valence-corrected chi connectivity index (χ0v) is 12.4. The van der Waals surface area contributed by atoms with Crippen LogP contribution in [0.5, 0.6) is 5.75 Å². The van der Waals surface area contributed by atoms with Crippen molar-refractivity contribution in [3.63, 3.8) is 0 Å². The van der Waals surface area contributed by atoms with Crippen molar-refractivity contribution in [3.05, 3.63) is 40.8 Å². The van der Waals surface area contributed by atoms with E-state index < -0.39 is 0 Å². The first-order chi connectivity index (χ1) is 10.3. The molecule has 1 fully saturated rings. The second-order valence-corrected chi connectivity index (χ2v) is 5.79. The molecule has 0 saturated heterocycles. The van der Waals surface area contributed by atoms with Crippen LogP contribution in [0.2, 0.25) is 0 Å². The van der Waals surface area contributed by atoms with E-state index in [0.29, 0.717) is 18.3 Å². The van der Waals surface area contributed by atoms with Crippen molar-refractivity contribution in [2.75, 3.05) is 11.9 Å². The monoisotopic (exact) mass is 303 g/mol. The van der Waals surface area contributed by atoms with Crippen molar-refractivity contribution < 1.29 is 9.53 Å². The number of carbonyl (C=O) groups excluding carboxylic acids is 1. The van der Waals surface area contributed by atoms with Crippen LogP contribution in [0.25, 0.3) is 0 Å². The molecule has 1 aliphatic rings. The fourth-order valence-corrected chi connectivity index (χ4v) is 2.41. The van der Waals surface area contributed by atoms with Crippen LogP contribution in [0.1, 0.15) is 18.5 Å². The SMILES string of the molecule is O=C(NCC1CC1)Nc1cccc(OCc2cscn2)c1. The second-order valence-electron chi connectivity index (χ2n) is 5.07. The van der Waals surface area contributed by atoms with Crippen molar-refractivity contribution in [2.24, 2.45) is 5.92 Å². The summed E-state index contributed by atoms with van der Waals surface area (Å²) in [7, 11) is 0. The van der Waals surface area contributed by atoms with Gasteiger partial charge >= 0.3 is 6.03 Å². The number of urea groups is 1. The van der Waals surface area contributed by atoms with E-state index in [4.69, 9.17) is 4.74 Å². The summed E-state index contributed by atoms with van der Waals surface area (Å²) >= 11 is 1.54. The largest absolute Gasteiger partial charge is 0.487 e. The number of ether oxygens (including phenoxy) is 1. The summed E-state index contributed by atoms with van der Waals surface area (Å²) in [5.74, 6) is 1.38. The average Bonchev–Trinajstić information content (AvgIpc) is 3.17. The number of hydrogen-bond acceptors (Lipinski definition) is 4. The van der Waals surface area contributed by atoms with Gasteiger partial charge in [-0.15, -0.1) is 11.3 Å². The summed E-state index contributed by atoms with van der Waals surface area (Å²) in [6.07, 6.45) is 2.44. The quantitative estimate of drug-likeness (QED) is 0.861. The van der Waals surface area contributed by atoms with Crippen LogP contribution >= 0.6 is 11.3 Å². The molecule has 0 atom stereocenters. The first-order valence-electron chi connectivity index (χ1n) is 6.94. The van der Waals surface area contributed by atoms with E-state index >= 15 is 0 Å². The Hall–Kier alpha value is -2.08. The summed E-state index contributed by atoms with van der Waals surface area (Å²) in [5.41, 5.74) is 3.40. The summed E-state index contributed by atoms with van der Waals surface area (Å²) in [4.78, 5) is 15.9. The third-order valence-electron chi connectivity index (χ3n) is 3.21. The molecule has 2 N–H and O–H groups in total. The highest BCUT2D eigenvalue weighted by atomic mass is 32.1. The first-order valence-corrected chi connectivity index (χ1v) is 7.88. The van der Waals surface area contributed by atoms with Crippen molar-refractivity contribution in [1.29, 1.82) is 0 Å². The first kappa shape index (κ1) is 13.9. The van der Waals surface area contributed by atoms with E-state index in [1.54, 1.807) is 16.8 Å². The fraction of sp³-hybridized carbons (Fsp3) is 0.333. The van der Waals surface area contributed by atoms with Gasteiger partial charge in [0.2, 0.25) is 0 Å². The molecule has 0 aliphatic heterocycles. The molecule has 110 valence electrons. The number of carbonyl (C=O) groups is 1. The van der Waals surface area contributed by atoms with E-state index in [1.807, 2.05) is 29.6 Å². The van der Waals surface area contributed by atoms with Crippen LogP contribution in [0.15, 0.2) is 35.2 Å². The number of nitrogens with zero attached hydrogens (tertiary/aromatic N) is 1. The number of rotatable bonds is 6. The molecule has 0 radical (unpaired) electrons. The van der Waals surface area contributed by atoms with Crippen molar-refractivity contribution in [1.82, 2.24) is 10.3 Å². The Morgan fingerprint density at radius 2 is 2.33 bits per heavy atom. The zero-order valence-electron chi connectivity index (χ0n) is 11.5. The number of anilines is 1. The molecule has 0 bridgehead atoms. The van der Waals surface area contributed by atoms with E-state index in [0.717, 1.165) is 17.9 Å². The molecule has 1 aromatic heterocycles. The third-order valence-corrected chi connectivity index (χ3v) is 3.85. The van der Waals surface area contributed by atoms with Crippen LogP contribution in [0, 0.1) is 5.92 Å². The van der Waals surface area contributed by atoms with Crippen LogP contribution in [-0.4, -0.2) is 17.6 Å². The number of aromatic nitrogens is 1. The highest BCUT2D eigenvalue weighted by Gasteiger charge is 2.21. The standard InChI is InChI=1S/C15H17N3O2S/c19-15(16-7-11-4-5-11)18-12-2-1-3-14(6-12)20-8-13-9-21-10-17-13/h1-3,6,9-11H,4-5,7-8H2,(H2,16,18,19). The van der Waals surface area contributed by atoms with Crippen molar-refractivity contribution in [2.45, 2.75) is 19.4 Å². The Morgan fingerprint density at radius 1 is 1.43 bits per heavy atom. The normalized spacial score (nSPS) is 13.7. The van der Waals surface area contributed by atoms with Gasteiger partial charge in [0.25, 0.3) is 0 Å². The molecule has 1 saturated carbocycles. The maximum atomic E-state index is 11.7. The Balaban J connectivity index is 1.50. The molecule has 5 nitrogen and oxygen atoms in total. The molecular weight excluding hydrogens is 286 g/mol. The summed E-state index contributed by atoms with van der Waals surface area (Å²) in [6.45, 7) is 1.19. The van der Waals surface area contributed by atoms with Gasteiger partial charge in [-0.2, -0.15) is 0 Å². The van der Waals surface area contributed by atoms with Gasteiger partial charge in [0.1, 0.15) is 12.4 Å². The molecule has 2 aromatic rings. The molecule has 1 aliphatic carbocycles. The smallest absolute Gasteiger partial charge is 0.319 e. The van der Waals surface area contributed by atoms with Gasteiger partial charge in [0.05, 0.1) is 11.2 Å². The summed E-state index contributed by atoms with van der Waals surface area (Å²) in [5, 5.41) is 7.63. The zero-order chi connectivity index (χ0) is 14.5. The summed E-state index contributed by atoms with van der Waals surface area (Å²) < 4.78 is 5.65. The van der Waals surface area contributed by atoms with Crippen LogP contribution in [-0.2, 0) is 6.61 Å². The average molecular weight is 303 g/mol. The van der Waals surface area contributed by atoms with E-state index in [2.05, 4.69) is 15.6 Å². The molecule has 0 spiro atoms. The number of benzene rings is 1. The number of nitrogens with one attached hydrogen (secondary N) is 2. The minimum atomic E-state index is -0.168. The minimum absolute atomic E-state index is 0.168. The van der Waals surface area contributed by atoms with Gasteiger partial charge < -0.3 is 15.4 Å². The molecule has 2 amide bonds. The highest BCUT2D eigenvalue weighted by molar-refractivity contribution is 7.07. The predicted octanol–water partition coefficient (Wildman–Crippen LogP) is 3.25. The Bertz CT molecular complexity index is 597. The second kappa shape index (κ2) is 6.58. The molecular formula is C15H17N3O2S. The third kappa shape index (κ3) is 4.46. The summed E-state index contributed by atoms with van der Waals surface area (Å²) in [6, 6.07) is 7.20. The maximum Gasteiger partial charge on any atom is 0.319 e. The van der Waals surface area contributed by atoms with Gasteiger partial charge in [-0.05, 0) is 30.9 Å². The van der Waals surface area contributed by atoms with Crippen LogP contribution in [0.3, 0.4) is 0 Å². The Kier molecular flexibility index (Phi) is 4.35. The Morgan fingerprint density at radius 3 is 3.10 bits per heavy atom. The van der Waals surface area contributed by atoms with Gasteiger partial charge in [-0.1, -0.05) is 6.07 Å². The molecule has 6 heteroatoms. The number of hydrogen-bond donors (Lipinski definition) is 2. The number of thiazole rings is 1. The topological polar surface area (TPSA) is 63.2 Å². The maximum absolute atomic E-state index is 11.7. The van der Waals surface area contributed by atoms with Gasteiger partial charge in [0, 0.05) is 23.7 Å². The van der Waals surface area contributed by atoms with E-state index in [-0.39, 0.29) is 6.03 Å². The van der Waals surface area contributed by atoms with Gasteiger partial charge in [-0.25, -0.2) is 9.78 Å². The van der Waals surface area contributed by atoms with Gasteiger partial charge in [0.15, 0.2) is 0 Å². The minimum Gasteiger partial charge on any atom is -0.487 e. The predicted molar refractivity (Wildman–Crippen MR) is 82.6 cm³/mol. The lowest BCUT2D eigenvalue weighted by Gasteiger charge is -2.09. The van der Waals surface area contributed by atoms with Crippen molar-refractivity contribution in [3.8, 4) is 5.75 Å². The van der Waals surface area contributed by atoms with E-state index in [9.17, 15) is 4.79 Å². The molecule has 21 heavy (non-hydrogen) atoms. The molecule has 1 heterocycles. The Labute approximate surface area is 127 Å². The molecule has 0 unspecified atom stereocenters. The lowest BCUT2D eigenvalue weighted by atomic mass is 10.3. The molecule has 3 rings (SSSR count). The van der Waals surface area contributed by atoms with Gasteiger partial charge in [-0.3, -0.25) is 0 Å². The lowest BCUT2D eigenvalue weighted by molar-refractivity contribution is 0.251. The van der Waals surface area contributed by atoms with Crippen molar-refractivity contribution >= 4 is 23.1 Å². The number of amides is 2. The lowest BCUT2D eigenvalue weighted by Crippen LogP contribution is -2.30. The molecule has 1 aromatic carbocycles.